The number of carbonyl (C=O) groups excluding carboxylic acids is 2. The summed E-state index contributed by atoms with van der Waals surface area (Å²) in [4.78, 5) is 27.9. The number of hydrazone groups is 1. The molecule has 5 rings (SSSR count). The van der Waals surface area contributed by atoms with Crippen molar-refractivity contribution in [3.05, 3.63) is 99.8 Å². The molecule has 0 fully saturated rings. The summed E-state index contributed by atoms with van der Waals surface area (Å²) in [6.07, 6.45) is -0.708. The van der Waals surface area contributed by atoms with Gasteiger partial charge in [0.25, 0.3) is 11.8 Å². The van der Waals surface area contributed by atoms with Gasteiger partial charge in [0.05, 0.1) is 17.1 Å². The quantitative estimate of drug-likeness (QED) is 0.321. The minimum absolute atomic E-state index is 0.290. The van der Waals surface area contributed by atoms with Crippen LogP contribution in [0.3, 0.4) is 0 Å². The van der Waals surface area contributed by atoms with Crippen LogP contribution in [0, 0.1) is 27.7 Å². The molecular weight excluding hydrogens is 528 g/mol. The molecule has 0 radical (unpaired) electrons. The molecule has 0 bridgehead atoms. The van der Waals surface area contributed by atoms with Gasteiger partial charge in [-0.1, -0.05) is 41.4 Å². The van der Waals surface area contributed by atoms with Gasteiger partial charge in [0.15, 0.2) is 12.1 Å². The van der Waals surface area contributed by atoms with Crippen LogP contribution in [0.15, 0.2) is 71.8 Å². The maximum atomic E-state index is 13.7. The molecule has 1 aliphatic rings. The molecule has 1 aliphatic heterocycles. The third-order valence-corrected chi connectivity index (χ3v) is 6.91. The second kappa shape index (κ2) is 10.9. The molecule has 0 aliphatic carbocycles. The van der Waals surface area contributed by atoms with Crippen molar-refractivity contribution >= 4 is 40.5 Å². The highest BCUT2D eigenvalue weighted by Gasteiger charge is 2.40. The fourth-order valence-corrected chi connectivity index (χ4v) is 4.59. The summed E-state index contributed by atoms with van der Waals surface area (Å²) < 4.78 is 5.87. The molecule has 0 saturated heterocycles. The number of nitrogens with zero attached hydrogens (tertiary/aromatic N) is 5. The number of nitrogens with one attached hydrogen (secondary N) is 1. The van der Waals surface area contributed by atoms with Crippen LogP contribution in [0.1, 0.15) is 41.0 Å². The Morgan fingerprint density at radius 1 is 0.975 bits per heavy atom. The summed E-state index contributed by atoms with van der Waals surface area (Å²) in [5.41, 5.74) is 5.82. The lowest BCUT2D eigenvalue weighted by Gasteiger charge is -2.17. The molecule has 3 aromatic carbocycles. The third-order valence-electron chi connectivity index (χ3n) is 6.67. The van der Waals surface area contributed by atoms with E-state index in [2.05, 4.69) is 20.6 Å². The summed E-state index contributed by atoms with van der Waals surface area (Å²) in [6, 6.07) is 19.0. The number of carbonyl (C=O) groups is 2. The molecule has 1 N–H and O–H groups in total. The summed E-state index contributed by atoms with van der Waals surface area (Å²) in [5, 5.41) is 18.3. The minimum atomic E-state index is -0.853. The van der Waals surface area contributed by atoms with Gasteiger partial charge in [0.2, 0.25) is 0 Å². The van der Waals surface area contributed by atoms with Gasteiger partial charge in [-0.15, -0.1) is 0 Å². The largest absolute Gasteiger partial charge is 0.481 e. The van der Waals surface area contributed by atoms with Crippen LogP contribution in [0.25, 0.3) is 0 Å². The first-order valence-electron chi connectivity index (χ1n) is 12.8. The molecule has 2 heterocycles. The molecule has 10 heteroatoms. The van der Waals surface area contributed by atoms with E-state index < -0.39 is 12.1 Å². The molecule has 0 saturated carbocycles. The summed E-state index contributed by atoms with van der Waals surface area (Å²) in [7, 11) is 0. The predicted octanol–water partition coefficient (Wildman–Crippen LogP) is 5.56. The number of aryl methyl sites for hydroxylation is 4. The Morgan fingerprint density at radius 2 is 1.68 bits per heavy atom. The fraction of sp³-hybridized carbons (Fsp3) is 0.233. The molecule has 4 aromatic rings. The Kier molecular flexibility index (Phi) is 7.40. The number of rotatable bonds is 7. The lowest BCUT2D eigenvalue weighted by Crippen LogP contribution is -2.32. The number of aromatic nitrogens is 3. The minimum Gasteiger partial charge on any atom is -0.481 e. The van der Waals surface area contributed by atoms with Crippen molar-refractivity contribution in [3.63, 3.8) is 0 Å². The molecule has 2 atom stereocenters. The van der Waals surface area contributed by atoms with Crippen molar-refractivity contribution in [1.82, 2.24) is 15.0 Å². The number of ether oxygens (including phenoxy) is 1. The van der Waals surface area contributed by atoms with Gasteiger partial charge in [-0.05, 0) is 82.6 Å². The molecule has 0 spiro atoms. The fourth-order valence-electron chi connectivity index (χ4n) is 4.40. The topological polar surface area (TPSA) is 102 Å². The van der Waals surface area contributed by atoms with E-state index in [1.807, 2.05) is 52.0 Å². The first-order chi connectivity index (χ1) is 19.1. The van der Waals surface area contributed by atoms with Gasteiger partial charge in [-0.3, -0.25) is 9.59 Å². The molecular formula is C30H29ClN6O3. The van der Waals surface area contributed by atoms with Crippen LogP contribution in [0.5, 0.6) is 5.75 Å². The van der Waals surface area contributed by atoms with Crippen LogP contribution < -0.4 is 15.1 Å². The Hall–Kier alpha value is -4.50. The van der Waals surface area contributed by atoms with E-state index in [1.54, 1.807) is 49.4 Å². The van der Waals surface area contributed by atoms with E-state index in [4.69, 9.17) is 16.3 Å². The van der Waals surface area contributed by atoms with E-state index >= 15 is 0 Å². The normalized spacial score (nSPS) is 15.7. The van der Waals surface area contributed by atoms with E-state index in [0.29, 0.717) is 33.4 Å². The van der Waals surface area contributed by atoms with Gasteiger partial charge >= 0.3 is 0 Å². The smallest absolute Gasteiger partial charge is 0.280 e. The van der Waals surface area contributed by atoms with E-state index in [1.165, 1.54) is 9.81 Å². The van der Waals surface area contributed by atoms with Gasteiger partial charge in [-0.25, -0.2) is 0 Å². The molecule has 204 valence electrons. The Morgan fingerprint density at radius 3 is 2.33 bits per heavy atom. The predicted molar refractivity (Wildman–Crippen MR) is 155 cm³/mol. The molecule has 40 heavy (non-hydrogen) atoms. The van der Waals surface area contributed by atoms with E-state index in [9.17, 15) is 9.59 Å². The summed E-state index contributed by atoms with van der Waals surface area (Å²) >= 11 is 6.24. The van der Waals surface area contributed by atoms with Crippen molar-refractivity contribution < 1.29 is 14.3 Å². The number of benzene rings is 3. The van der Waals surface area contributed by atoms with Gasteiger partial charge in [0, 0.05) is 16.3 Å². The van der Waals surface area contributed by atoms with E-state index in [-0.39, 0.29) is 11.8 Å². The van der Waals surface area contributed by atoms with Crippen molar-refractivity contribution in [1.29, 1.82) is 0 Å². The maximum absolute atomic E-state index is 13.7. The number of hydrogen-bond acceptors (Lipinski definition) is 6. The average Bonchev–Trinajstić information content (AvgIpc) is 3.44. The lowest BCUT2D eigenvalue weighted by atomic mass is 10.0. The highest BCUT2D eigenvalue weighted by Crippen LogP contribution is 2.31. The first kappa shape index (κ1) is 27.1. The zero-order chi connectivity index (χ0) is 28.6. The van der Waals surface area contributed by atoms with Crippen LogP contribution in [-0.2, 0) is 9.59 Å². The monoisotopic (exact) mass is 556 g/mol. The van der Waals surface area contributed by atoms with Crippen molar-refractivity contribution in [2.45, 2.75) is 46.8 Å². The van der Waals surface area contributed by atoms with Crippen molar-refractivity contribution in [2.75, 3.05) is 10.3 Å². The summed E-state index contributed by atoms with van der Waals surface area (Å²) in [6.45, 7) is 9.33. The number of hydrogen-bond donors (Lipinski definition) is 1. The Bertz CT molecular complexity index is 1610. The molecule has 1 aromatic heterocycles. The van der Waals surface area contributed by atoms with Crippen LogP contribution in [0.2, 0.25) is 5.02 Å². The standard InChI is InChI=1S/C30H29ClN6O3/c1-17-9-14-26(18(2)15-17)40-21(5)29(38)32-24-10-12-25(13-11-24)36-30(39)28(37-33-19(3)20(4)34-37)27(35-36)22-7-6-8-23(31)16-22/h6-16,21,28H,1-5H3,(H,32,38). The Balaban J connectivity index is 1.36. The molecule has 2 unspecified atom stereocenters. The zero-order valence-electron chi connectivity index (χ0n) is 22.8. The van der Waals surface area contributed by atoms with Crippen LogP contribution in [0.4, 0.5) is 11.4 Å². The van der Waals surface area contributed by atoms with Gasteiger partial charge < -0.3 is 10.1 Å². The second-order valence-corrected chi connectivity index (χ2v) is 10.2. The third kappa shape index (κ3) is 5.46. The van der Waals surface area contributed by atoms with Crippen LogP contribution in [-0.4, -0.2) is 38.6 Å². The maximum Gasteiger partial charge on any atom is 0.280 e. The van der Waals surface area contributed by atoms with Crippen molar-refractivity contribution in [3.8, 4) is 5.75 Å². The van der Waals surface area contributed by atoms with Gasteiger partial charge in [0.1, 0.15) is 11.5 Å². The second-order valence-electron chi connectivity index (χ2n) is 9.80. The summed E-state index contributed by atoms with van der Waals surface area (Å²) in [5.74, 6) is 0.0650. The molecule has 9 nitrogen and oxygen atoms in total. The Labute approximate surface area is 237 Å². The average molecular weight is 557 g/mol. The zero-order valence-corrected chi connectivity index (χ0v) is 23.6. The van der Waals surface area contributed by atoms with Gasteiger partial charge in [-0.2, -0.15) is 25.1 Å². The van der Waals surface area contributed by atoms with Crippen LogP contribution >= 0.6 is 11.6 Å². The number of halogens is 1. The highest BCUT2D eigenvalue weighted by atomic mass is 35.5. The highest BCUT2D eigenvalue weighted by molar-refractivity contribution is 6.31. The lowest BCUT2D eigenvalue weighted by molar-refractivity contribution is -0.122. The first-order valence-corrected chi connectivity index (χ1v) is 13.2. The number of anilines is 2. The van der Waals surface area contributed by atoms with Crippen molar-refractivity contribution in [2.24, 2.45) is 5.10 Å². The number of amides is 2. The van der Waals surface area contributed by atoms with E-state index in [0.717, 1.165) is 22.5 Å². The molecule has 2 amide bonds. The SMILES string of the molecule is Cc1ccc(OC(C)C(=O)Nc2ccc(N3N=C(c4cccc(Cl)c4)C(n4nc(C)c(C)n4)C3=O)cc2)c(C)c1.